The fraction of sp³-hybridized carbons (Fsp3) is 0.588. The van der Waals surface area contributed by atoms with Gasteiger partial charge >= 0.3 is 0 Å². The van der Waals surface area contributed by atoms with Crippen LogP contribution in [0.15, 0.2) is 23.1 Å². The molecule has 0 aromatic heterocycles. The molecule has 0 radical (unpaired) electrons. The van der Waals surface area contributed by atoms with Gasteiger partial charge in [-0.15, -0.1) is 11.8 Å². The summed E-state index contributed by atoms with van der Waals surface area (Å²) in [6, 6.07) is 6.55. The second kappa shape index (κ2) is 6.84. The van der Waals surface area contributed by atoms with E-state index in [-0.39, 0.29) is 5.91 Å². The van der Waals surface area contributed by atoms with E-state index in [1.54, 1.807) is 30.5 Å². The smallest absolute Gasteiger partial charge is 0.233 e. The third-order valence-electron chi connectivity index (χ3n) is 3.74. The summed E-state index contributed by atoms with van der Waals surface area (Å²) < 4.78 is 0. The summed E-state index contributed by atoms with van der Waals surface area (Å²) in [4.78, 5) is 15.1. The van der Waals surface area contributed by atoms with E-state index in [0.717, 1.165) is 6.42 Å². The van der Waals surface area contributed by atoms with Crippen molar-refractivity contribution in [3.05, 3.63) is 29.3 Å². The van der Waals surface area contributed by atoms with Gasteiger partial charge in [0.2, 0.25) is 5.91 Å². The minimum atomic E-state index is -0.843. The zero-order chi connectivity index (χ0) is 15.5. The largest absolute Gasteiger partial charge is 0.389 e. The van der Waals surface area contributed by atoms with Crippen LogP contribution in [-0.4, -0.2) is 40.4 Å². The molecule has 1 N–H and O–H groups in total. The fourth-order valence-electron chi connectivity index (χ4n) is 2.72. The van der Waals surface area contributed by atoms with E-state index in [2.05, 4.69) is 18.2 Å². The van der Waals surface area contributed by atoms with E-state index in [9.17, 15) is 9.90 Å². The van der Waals surface area contributed by atoms with E-state index in [4.69, 9.17) is 0 Å². The zero-order valence-electron chi connectivity index (χ0n) is 13.2. The molecule has 4 heteroatoms. The summed E-state index contributed by atoms with van der Waals surface area (Å²) in [6.07, 6.45) is 3.60. The maximum absolute atomic E-state index is 12.3. The molecule has 0 atom stereocenters. The van der Waals surface area contributed by atoms with Crippen LogP contribution in [0.2, 0.25) is 0 Å². The second-order valence-electron chi connectivity index (χ2n) is 6.29. The molecule has 0 spiro atoms. The van der Waals surface area contributed by atoms with Crippen molar-refractivity contribution in [2.75, 3.05) is 18.8 Å². The van der Waals surface area contributed by atoms with Crippen LogP contribution >= 0.6 is 11.8 Å². The molecule has 1 aromatic carbocycles. The number of nitrogens with zero attached hydrogens (tertiary/aromatic N) is 1. The van der Waals surface area contributed by atoms with E-state index in [1.807, 2.05) is 6.92 Å². The first kappa shape index (κ1) is 16.4. The number of benzene rings is 1. The van der Waals surface area contributed by atoms with Crippen molar-refractivity contribution in [2.24, 2.45) is 0 Å². The Balaban J connectivity index is 1.91. The van der Waals surface area contributed by atoms with Crippen LogP contribution in [0.3, 0.4) is 0 Å². The van der Waals surface area contributed by atoms with Crippen molar-refractivity contribution < 1.29 is 9.90 Å². The summed E-state index contributed by atoms with van der Waals surface area (Å²) in [5.41, 5.74) is 2.06. The summed E-state index contributed by atoms with van der Waals surface area (Å²) in [5, 5.41) is 9.86. The lowest BCUT2D eigenvalue weighted by atomic mass is 10.1. The molecule has 2 rings (SSSR count). The maximum Gasteiger partial charge on any atom is 0.233 e. The van der Waals surface area contributed by atoms with Crippen molar-refractivity contribution in [3.8, 4) is 0 Å². The lowest BCUT2D eigenvalue weighted by Gasteiger charge is -2.28. The molecule has 1 aliphatic carbocycles. The standard InChI is InChI=1S/C17H25NO2S/c1-4-18(12-17(2,3)20)16(19)11-21-15-9-8-13-6-5-7-14(13)10-15/h8-10,20H,4-7,11-12H2,1-3H3. The van der Waals surface area contributed by atoms with E-state index < -0.39 is 5.60 Å². The Hall–Kier alpha value is -1.00. The van der Waals surface area contributed by atoms with E-state index in [1.165, 1.54) is 28.9 Å². The maximum atomic E-state index is 12.3. The van der Waals surface area contributed by atoms with Gasteiger partial charge < -0.3 is 10.0 Å². The van der Waals surface area contributed by atoms with Gasteiger partial charge in [0.25, 0.3) is 0 Å². The first-order chi connectivity index (χ1) is 9.89. The summed E-state index contributed by atoms with van der Waals surface area (Å²) >= 11 is 1.59. The van der Waals surface area contributed by atoms with E-state index >= 15 is 0 Å². The normalized spacial score (nSPS) is 14.1. The van der Waals surface area contributed by atoms with Crippen molar-refractivity contribution in [1.82, 2.24) is 4.90 Å². The Morgan fingerprint density at radius 2 is 2.05 bits per heavy atom. The number of aliphatic hydroxyl groups is 1. The molecule has 116 valence electrons. The average Bonchev–Trinajstić information content (AvgIpc) is 2.88. The predicted octanol–water partition coefficient (Wildman–Crippen LogP) is 2.89. The number of rotatable bonds is 6. The highest BCUT2D eigenvalue weighted by molar-refractivity contribution is 8.00. The second-order valence-corrected chi connectivity index (χ2v) is 7.34. The van der Waals surface area contributed by atoms with Gasteiger partial charge in [0.1, 0.15) is 0 Å². The Morgan fingerprint density at radius 3 is 2.71 bits per heavy atom. The fourth-order valence-corrected chi connectivity index (χ4v) is 3.58. The lowest BCUT2D eigenvalue weighted by Crippen LogP contribution is -2.42. The minimum Gasteiger partial charge on any atom is -0.389 e. The third kappa shape index (κ3) is 4.75. The van der Waals surface area contributed by atoms with Crippen molar-refractivity contribution in [2.45, 2.75) is 50.5 Å². The van der Waals surface area contributed by atoms with Crippen molar-refractivity contribution in [3.63, 3.8) is 0 Å². The van der Waals surface area contributed by atoms with Gasteiger partial charge in [-0.2, -0.15) is 0 Å². The van der Waals surface area contributed by atoms with Crippen LogP contribution < -0.4 is 0 Å². The number of aryl methyl sites for hydroxylation is 2. The summed E-state index contributed by atoms with van der Waals surface area (Å²) in [7, 11) is 0. The van der Waals surface area contributed by atoms with Crippen LogP contribution in [0, 0.1) is 0 Å². The number of likely N-dealkylation sites (N-methyl/N-ethyl adjacent to an activating group) is 1. The average molecular weight is 307 g/mol. The highest BCUT2D eigenvalue weighted by Gasteiger charge is 2.21. The first-order valence-electron chi connectivity index (χ1n) is 7.64. The van der Waals surface area contributed by atoms with Gasteiger partial charge in [0.15, 0.2) is 0 Å². The quantitative estimate of drug-likeness (QED) is 0.822. The number of carbonyl (C=O) groups is 1. The number of amides is 1. The summed E-state index contributed by atoms with van der Waals surface area (Å²) in [5.74, 6) is 0.521. The molecule has 1 amide bonds. The molecular weight excluding hydrogens is 282 g/mol. The van der Waals surface area contributed by atoms with Gasteiger partial charge in [-0.05, 0) is 63.3 Å². The minimum absolute atomic E-state index is 0.0881. The highest BCUT2D eigenvalue weighted by Crippen LogP contribution is 2.27. The molecule has 1 aromatic rings. The lowest BCUT2D eigenvalue weighted by molar-refractivity contribution is -0.131. The Kier molecular flexibility index (Phi) is 5.33. The summed E-state index contributed by atoms with van der Waals surface area (Å²) in [6.45, 7) is 6.43. The Bertz CT molecular complexity index is 508. The molecule has 0 fully saturated rings. The van der Waals surface area contributed by atoms with Crippen molar-refractivity contribution in [1.29, 1.82) is 0 Å². The highest BCUT2D eigenvalue weighted by atomic mass is 32.2. The number of thioether (sulfide) groups is 1. The van der Waals surface area contributed by atoms with Gasteiger partial charge in [0, 0.05) is 18.0 Å². The third-order valence-corrected chi connectivity index (χ3v) is 4.72. The predicted molar refractivity (Wildman–Crippen MR) is 87.7 cm³/mol. The molecule has 0 saturated carbocycles. The van der Waals surface area contributed by atoms with Crippen LogP contribution in [0.4, 0.5) is 0 Å². The number of fused-ring (bicyclic) bond motifs is 1. The molecule has 0 unspecified atom stereocenters. The first-order valence-corrected chi connectivity index (χ1v) is 8.62. The Labute approximate surface area is 131 Å². The van der Waals surface area contributed by atoms with Crippen LogP contribution in [0.1, 0.15) is 38.3 Å². The molecular formula is C17H25NO2S. The van der Waals surface area contributed by atoms with Crippen molar-refractivity contribution >= 4 is 17.7 Å². The number of carbonyl (C=O) groups excluding carboxylic acids is 1. The monoisotopic (exact) mass is 307 g/mol. The van der Waals surface area contributed by atoms with E-state index in [0.29, 0.717) is 18.8 Å². The zero-order valence-corrected chi connectivity index (χ0v) is 14.0. The van der Waals surface area contributed by atoms with Gasteiger partial charge in [-0.25, -0.2) is 0 Å². The number of hydrogen-bond donors (Lipinski definition) is 1. The van der Waals surface area contributed by atoms with Crippen LogP contribution in [0.25, 0.3) is 0 Å². The molecule has 3 nitrogen and oxygen atoms in total. The van der Waals surface area contributed by atoms with Gasteiger partial charge in [-0.1, -0.05) is 6.07 Å². The molecule has 0 bridgehead atoms. The van der Waals surface area contributed by atoms with Gasteiger partial charge in [-0.3, -0.25) is 4.79 Å². The molecule has 0 saturated heterocycles. The number of hydrogen-bond acceptors (Lipinski definition) is 3. The van der Waals surface area contributed by atoms with Crippen LogP contribution in [0.5, 0.6) is 0 Å². The molecule has 21 heavy (non-hydrogen) atoms. The van der Waals surface area contributed by atoms with Gasteiger partial charge in [0.05, 0.1) is 11.4 Å². The Morgan fingerprint density at radius 1 is 1.33 bits per heavy atom. The molecule has 0 heterocycles. The topological polar surface area (TPSA) is 40.5 Å². The SMILES string of the molecule is CCN(CC(C)(C)O)C(=O)CSc1ccc2c(c1)CCC2. The van der Waals surface area contributed by atoms with Crippen LogP contribution in [-0.2, 0) is 17.6 Å². The molecule has 1 aliphatic rings. The molecule has 0 aliphatic heterocycles.